The second-order valence-corrected chi connectivity index (χ2v) is 4.60. The Balaban J connectivity index is 2.41. The van der Waals surface area contributed by atoms with Gasteiger partial charge >= 0.3 is 0 Å². The molecule has 8 heteroatoms. The van der Waals surface area contributed by atoms with Crippen LogP contribution in [0.2, 0.25) is 0 Å². The van der Waals surface area contributed by atoms with Gasteiger partial charge in [0.05, 0.1) is 34.1 Å². The van der Waals surface area contributed by atoms with Crippen LogP contribution in [0, 0.1) is 5.82 Å². The molecule has 0 atom stereocenters. The molecule has 0 radical (unpaired) electrons. The van der Waals surface area contributed by atoms with Crippen LogP contribution in [0.25, 0.3) is 0 Å². The lowest BCUT2D eigenvalue weighted by atomic mass is 10.2. The van der Waals surface area contributed by atoms with Gasteiger partial charge in [0.15, 0.2) is 17.3 Å². The molecule has 0 bridgehead atoms. The number of anilines is 1. The number of rotatable bonds is 6. The molecule has 128 valence electrons. The van der Waals surface area contributed by atoms with Gasteiger partial charge in [-0.05, 0) is 12.1 Å². The zero-order chi connectivity index (χ0) is 17.7. The number of azo groups is 1. The second kappa shape index (κ2) is 7.49. The first kappa shape index (κ1) is 17.3. The highest BCUT2D eigenvalue weighted by Gasteiger charge is 2.14. The maximum absolute atomic E-state index is 14.1. The zero-order valence-electron chi connectivity index (χ0n) is 13.8. The van der Waals surface area contributed by atoms with Crippen molar-refractivity contribution in [2.45, 2.75) is 0 Å². The molecule has 0 spiro atoms. The van der Waals surface area contributed by atoms with E-state index >= 15 is 0 Å². The van der Waals surface area contributed by atoms with Crippen LogP contribution in [0.3, 0.4) is 0 Å². The molecule has 2 rings (SSSR count). The van der Waals surface area contributed by atoms with Crippen molar-refractivity contribution in [3.63, 3.8) is 0 Å². The first-order valence-corrected chi connectivity index (χ1v) is 6.89. The normalized spacial score (nSPS) is 10.7. The van der Waals surface area contributed by atoms with Gasteiger partial charge in [-0.2, -0.15) is 5.11 Å². The van der Waals surface area contributed by atoms with Gasteiger partial charge in [0.1, 0.15) is 17.1 Å². The summed E-state index contributed by atoms with van der Waals surface area (Å²) in [6, 6.07) is 6.12. The quantitative estimate of drug-likeness (QED) is 0.640. The number of ether oxygens (including phenoxy) is 4. The minimum Gasteiger partial charge on any atom is -0.494 e. The number of hydrogen-bond donors (Lipinski definition) is 1. The van der Waals surface area contributed by atoms with Gasteiger partial charge < -0.3 is 24.7 Å². The first-order chi connectivity index (χ1) is 11.5. The van der Waals surface area contributed by atoms with Crippen molar-refractivity contribution < 1.29 is 23.3 Å². The second-order valence-electron chi connectivity index (χ2n) is 4.60. The summed E-state index contributed by atoms with van der Waals surface area (Å²) in [6.07, 6.45) is 0. The van der Waals surface area contributed by atoms with Crippen LogP contribution in [-0.2, 0) is 0 Å². The minimum absolute atomic E-state index is 0.0120. The van der Waals surface area contributed by atoms with Crippen LogP contribution in [-0.4, -0.2) is 28.4 Å². The molecule has 0 fully saturated rings. The SMILES string of the molecule is COc1ccc(/N=N/c2cc(OC)c(OC)c(OC)c2)c(F)c1N. The Morgan fingerprint density at radius 1 is 0.833 bits per heavy atom. The van der Waals surface area contributed by atoms with Crippen LogP contribution in [0.4, 0.5) is 21.5 Å². The van der Waals surface area contributed by atoms with Crippen molar-refractivity contribution in [1.29, 1.82) is 0 Å². The monoisotopic (exact) mass is 335 g/mol. The third kappa shape index (κ3) is 3.32. The number of benzene rings is 2. The fourth-order valence-corrected chi connectivity index (χ4v) is 2.06. The summed E-state index contributed by atoms with van der Waals surface area (Å²) in [5, 5.41) is 7.88. The number of hydrogen-bond acceptors (Lipinski definition) is 7. The summed E-state index contributed by atoms with van der Waals surface area (Å²) in [6.45, 7) is 0. The fourth-order valence-electron chi connectivity index (χ4n) is 2.06. The predicted octanol–water partition coefficient (Wildman–Crippen LogP) is 3.86. The number of nitrogens with zero attached hydrogens (tertiary/aromatic N) is 2. The maximum Gasteiger partial charge on any atom is 0.203 e. The molecule has 7 nitrogen and oxygen atoms in total. The Morgan fingerprint density at radius 3 is 1.92 bits per heavy atom. The van der Waals surface area contributed by atoms with Crippen LogP contribution in [0.5, 0.6) is 23.0 Å². The molecule has 0 amide bonds. The average molecular weight is 335 g/mol. The summed E-state index contributed by atoms with van der Waals surface area (Å²) < 4.78 is 34.8. The maximum atomic E-state index is 14.1. The average Bonchev–Trinajstić information content (AvgIpc) is 2.61. The molecule has 0 aromatic heterocycles. The number of methoxy groups -OCH3 is 4. The first-order valence-electron chi connectivity index (χ1n) is 6.89. The zero-order valence-corrected chi connectivity index (χ0v) is 13.8. The van der Waals surface area contributed by atoms with E-state index in [0.717, 1.165) is 0 Å². The summed E-state index contributed by atoms with van der Waals surface area (Å²) >= 11 is 0. The van der Waals surface area contributed by atoms with Crippen molar-refractivity contribution in [3.8, 4) is 23.0 Å². The fraction of sp³-hybridized carbons (Fsp3) is 0.250. The smallest absolute Gasteiger partial charge is 0.203 e. The molecule has 0 unspecified atom stereocenters. The van der Waals surface area contributed by atoms with E-state index in [9.17, 15) is 4.39 Å². The van der Waals surface area contributed by atoms with Crippen LogP contribution < -0.4 is 24.7 Å². The lowest BCUT2D eigenvalue weighted by molar-refractivity contribution is 0.324. The molecular weight excluding hydrogens is 317 g/mol. The van der Waals surface area contributed by atoms with Gasteiger partial charge in [0.2, 0.25) is 5.75 Å². The third-order valence-electron chi connectivity index (χ3n) is 3.26. The summed E-state index contributed by atoms with van der Waals surface area (Å²) in [5.41, 5.74) is 5.90. The lowest BCUT2D eigenvalue weighted by Crippen LogP contribution is -1.95. The number of nitrogens with two attached hydrogens (primary N) is 1. The van der Waals surface area contributed by atoms with Gasteiger partial charge in [-0.25, -0.2) is 4.39 Å². The van der Waals surface area contributed by atoms with E-state index in [2.05, 4.69) is 10.2 Å². The highest BCUT2D eigenvalue weighted by Crippen LogP contribution is 2.41. The Bertz CT molecular complexity index is 740. The lowest BCUT2D eigenvalue weighted by Gasteiger charge is -2.12. The molecule has 0 aliphatic carbocycles. The Kier molecular flexibility index (Phi) is 5.41. The molecule has 2 aromatic rings. The van der Waals surface area contributed by atoms with E-state index in [1.165, 1.54) is 40.6 Å². The summed E-state index contributed by atoms with van der Waals surface area (Å²) in [7, 11) is 5.88. The van der Waals surface area contributed by atoms with Crippen molar-refractivity contribution in [2.24, 2.45) is 10.2 Å². The Labute approximate surface area is 138 Å². The highest BCUT2D eigenvalue weighted by molar-refractivity contribution is 5.63. The van der Waals surface area contributed by atoms with Crippen LogP contribution >= 0.6 is 0 Å². The Morgan fingerprint density at radius 2 is 1.42 bits per heavy atom. The predicted molar refractivity (Wildman–Crippen MR) is 87.6 cm³/mol. The summed E-state index contributed by atoms with van der Waals surface area (Å²) in [4.78, 5) is 0. The third-order valence-corrected chi connectivity index (χ3v) is 3.26. The highest BCUT2D eigenvalue weighted by atomic mass is 19.1. The van der Waals surface area contributed by atoms with Crippen molar-refractivity contribution in [1.82, 2.24) is 0 Å². The van der Waals surface area contributed by atoms with Crippen LogP contribution in [0.15, 0.2) is 34.5 Å². The molecule has 0 aliphatic heterocycles. The molecule has 0 heterocycles. The van der Waals surface area contributed by atoms with E-state index in [-0.39, 0.29) is 17.1 Å². The van der Waals surface area contributed by atoms with Crippen LogP contribution in [0.1, 0.15) is 0 Å². The van der Waals surface area contributed by atoms with E-state index < -0.39 is 5.82 Å². The standard InChI is InChI=1S/C16H18FN3O4/c1-21-11-6-5-10(14(17)15(11)18)20-19-9-7-12(22-2)16(24-4)13(8-9)23-3/h5-8H,18H2,1-4H3/b20-19+. The minimum atomic E-state index is -0.703. The molecule has 2 aromatic carbocycles. The van der Waals surface area contributed by atoms with E-state index in [1.54, 1.807) is 12.1 Å². The van der Waals surface area contributed by atoms with Crippen molar-refractivity contribution >= 4 is 17.1 Å². The van der Waals surface area contributed by atoms with Gasteiger partial charge in [0, 0.05) is 12.1 Å². The largest absolute Gasteiger partial charge is 0.494 e. The molecule has 0 aliphatic rings. The van der Waals surface area contributed by atoms with E-state index in [0.29, 0.717) is 22.9 Å². The van der Waals surface area contributed by atoms with Gasteiger partial charge in [-0.15, -0.1) is 5.11 Å². The van der Waals surface area contributed by atoms with Gasteiger partial charge in [-0.3, -0.25) is 0 Å². The summed E-state index contributed by atoms with van der Waals surface area (Å²) in [5.74, 6) is 0.796. The van der Waals surface area contributed by atoms with E-state index in [1.807, 2.05) is 0 Å². The number of nitrogen functional groups attached to an aromatic ring is 1. The number of halogens is 1. The molecule has 2 N–H and O–H groups in total. The van der Waals surface area contributed by atoms with Gasteiger partial charge in [0.25, 0.3) is 0 Å². The van der Waals surface area contributed by atoms with Crippen molar-refractivity contribution in [3.05, 3.63) is 30.1 Å². The topological polar surface area (TPSA) is 87.7 Å². The van der Waals surface area contributed by atoms with Gasteiger partial charge in [-0.1, -0.05) is 0 Å². The molecule has 0 saturated carbocycles. The molecular formula is C16H18FN3O4. The molecule has 0 saturated heterocycles. The Hall–Kier alpha value is -3.03. The van der Waals surface area contributed by atoms with E-state index in [4.69, 9.17) is 24.7 Å². The van der Waals surface area contributed by atoms with Crippen molar-refractivity contribution in [2.75, 3.05) is 34.2 Å². The molecule has 24 heavy (non-hydrogen) atoms.